The summed E-state index contributed by atoms with van der Waals surface area (Å²) in [6, 6.07) is 0. The molecule has 0 rings (SSSR count). The van der Waals surface area contributed by atoms with E-state index in [0.29, 0.717) is 13.2 Å². The van der Waals surface area contributed by atoms with Crippen molar-refractivity contribution < 1.29 is 12.6 Å². The fourth-order valence-corrected chi connectivity index (χ4v) is 3.51. The van der Waals surface area contributed by atoms with E-state index in [4.69, 9.17) is 8.37 Å². The molecule has 1 atom stereocenters. The van der Waals surface area contributed by atoms with Crippen molar-refractivity contribution in [2.24, 2.45) is 0 Å². The maximum absolute atomic E-state index is 11.4. The number of unbranched alkanes of at least 4 members (excludes halogenated alkanes) is 15. The predicted octanol–water partition coefficient (Wildman–Crippen LogP) is 7.27. The molecule has 0 saturated carbocycles. The molecule has 0 aliphatic rings. The van der Waals surface area contributed by atoms with Crippen molar-refractivity contribution in [3.8, 4) is 0 Å². The molecule has 0 aromatic heterocycles. The third kappa shape index (κ3) is 22.0. The van der Waals surface area contributed by atoms with Gasteiger partial charge in [0.05, 0.1) is 13.2 Å². The number of hydrogen-bond donors (Lipinski definition) is 0. The molecule has 0 bridgehead atoms. The van der Waals surface area contributed by atoms with Crippen LogP contribution < -0.4 is 0 Å². The van der Waals surface area contributed by atoms with Crippen molar-refractivity contribution in [1.29, 1.82) is 0 Å². The van der Waals surface area contributed by atoms with Crippen molar-refractivity contribution in [3.05, 3.63) is 0 Å². The van der Waals surface area contributed by atoms with Gasteiger partial charge in [0.1, 0.15) is 0 Å². The molecule has 4 heteroatoms. The summed E-state index contributed by atoms with van der Waals surface area (Å²) in [5.74, 6) is 0. The Kier molecular flexibility index (Phi) is 22.2. The summed E-state index contributed by atoms with van der Waals surface area (Å²) in [6.45, 7) is 5.51. The van der Waals surface area contributed by atoms with E-state index in [1.54, 1.807) is 0 Å². The largest absolute Gasteiger partial charge is 0.304 e. The summed E-state index contributed by atoms with van der Waals surface area (Å²) in [5, 5.41) is 0. The lowest BCUT2D eigenvalue weighted by Gasteiger charge is -2.04. The highest BCUT2D eigenvalue weighted by atomic mass is 32.2. The normalized spacial score (nSPS) is 12.6. The molecule has 0 saturated heterocycles. The SMILES string of the molecule is CCCCCCCCCCCCCCCCOS(=O)OCCCCC. The third-order valence-electron chi connectivity index (χ3n) is 4.60. The second-order valence-electron chi connectivity index (χ2n) is 7.15. The highest BCUT2D eigenvalue weighted by Gasteiger charge is 2.00. The van der Waals surface area contributed by atoms with Gasteiger partial charge in [-0.1, -0.05) is 110 Å². The molecule has 0 radical (unpaired) electrons. The second-order valence-corrected chi connectivity index (χ2v) is 8.03. The van der Waals surface area contributed by atoms with E-state index in [1.807, 2.05) is 0 Å². The van der Waals surface area contributed by atoms with Crippen molar-refractivity contribution in [2.75, 3.05) is 13.2 Å². The van der Waals surface area contributed by atoms with Crippen LogP contribution in [0.2, 0.25) is 0 Å². The van der Waals surface area contributed by atoms with E-state index >= 15 is 0 Å². The topological polar surface area (TPSA) is 35.5 Å². The molecular formula is C21H44O3S. The quantitative estimate of drug-likeness (QED) is 0.198. The lowest BCUT2D eigenvalue weighted by atomic mass is 10.0. The zero-order valence-electron chi connectivity index (χ0n) is 17.1. The molecule has 0 aliphatic heterocycles. The standard InChI is InChI=1S/C21H44O3S/c1-3-5-7-8-9-10-11-12-13-14-15-16-17-19-21-24-25(22)23-20-18-6-4-2/h3-21H2,1-2H3. The Labute approximate surface area is 160 Å². The van der Waals surface area contributed by atoms with Crippen LogP contribution in [0.15, 0.2) is 0 Å². The van der Waals surface area contributed by atoms with Gasteiger partial charge in [-0.15, -0.1) is 0 Å². The smallest absolute Gasteiger partial charge is 0.268 e. The Morgan fingerprint density at radius 1 is 0.480 bits per heavy atom. The first-order valence-corrected chi connectivity index (χ1v) is 12.0. The van der Waals surface area contributed by atoms with E-state index < -0.39 is 11.4 Å². The van der Waals surface area contributed by atoms with Gasteiger partial charge in [-0.25, -0.2) is 0 Å². The van der Waals surface area contributed by atoms with Crippen LogP contribution >= 0.6 is 0 Å². The van der Waals surface area contributed by atoms with Gasteiger partial charge in [0.15, 0.2) is 0 Å². The predicted molar refractivity (Wildman–Crippen MR) is 110 cm³/mol. The minimum absolute atomic E-state index is 0.541. The van der Waals surface area contributed by atoms with Gasteiger partial charge in [0.2, 0.25) is 0 Å². The summed E-state index contributed by atoms with van der Waals surface area (Å²) in [6.07, 6.45) is 22.1. The van der Waals surface area contributed by atoms with Crippen molar-refractivity contribution in [1.82, 2.24) is 0 Å². The van der Waals surface area contributed by atoms with Crippen LogP contribution in [0.25, 0.3) is 0 Å². The van der Waals surface area contributed by atoms with E-state index in [0.717, 1.165) is 25.7 Å². The van der Waals surface area contributed by atoms with Gasteiger partial charge in [-0.05, 0) is 12.8 Å². The van der Waals surface area contributed by atoms with Crippen molar-refractivity contribution >= 4 is 11.4 Å². The molecule has 3 nitrogen and oxygen atoms in total. The minimum Gasteiger partial charge on any atom is -0.268 e. The lowest BCUT2D eigenvalue weighted by molar-refractivity contribution is 0.241. The first-order valence-electron chi connectivity index (χ1n) is 11.0. The highest BCUT2D eigenvalue weighted by molar-refractivity contribution is 7.75. The average Bonchev–Trinajstić information content (AvgIpc) is 2.62. The minimum atomic E-state index is -1.54. The summed E-state index contributed by atoms with van der Waals surface area (Å²) in [7, 11) is 0. The maximum atomic E-state index is 11.4. The van der Waals surface area contributed by atoms with Crippen molar-refractivity contribution in [3.63, 3.8) is 0 Å². The van der Waals surface area contributed by atoms with Crippen LogP contribution in [0.4, 0.5) is 0 Å². The van der Waals surface area contributed by atoms with Gasteiger partial charge in [0, 0.05) is 0 Å². The van der Waals surface area contributed by atoms with Gasteiger partial charge in [-0.3, -0.25) is 8.37 Å². The molecule has 0 aromatic rings. The molecule has 0 N–H and O–H groups in total. The Morgan fingerprint density at radius 2 is 0.760 bits per heavy atom. The molecule has 0 aliphatic carbocycles. The van der Waals surface area contributed by atoms with E-state index in [1.165, 1.54) is 83.5 Å². The summed E-state index contributed by atoms with van der Waals surface area (Å²) in [5.41, 5.74) is 0. The fourth-order valence-electron chi connectivity index (χ4n) is 2.94. The van der Waals surface area contributed by atoms with Crippen LogP contribution in [0.1, 0.15) is 123 Å². The Hall–Kier alpha value is 0.0700. The second kappa shape index (κ2) is 22.1. The van der Waals surface area contributed by atoms with Crippen LogP contribution in [0, 0.1) is 0 Å². The molecule has 0 spiro atoms. The van der Waals surface area contributed by atoms with E-state index in [9.17, 15) is 4.21 Å². The van der Waals surface area contributed by atoms with Crippen LogP contribution in [-0.2, 0) is 19.7 Å². The molecule has 25 heavy (non-hydrogen) atoms. The maximum Gasteiger partial charge on any atom is 0.304 e. The van der Waals surface area contributed by atoms with Gasteiger partial charge in [0.25, 0.3) is 0 Å². The zero-order chi connectivity index (χ0) is 18.4. The number of hydrogen-bond acceptors (Lipinski definition) is 3. The molecule has 0 amide bonds. The summed E-state index contributed by atoms with van der Waals surface area (Å²) < 4.78 is 21.7. The summed E-state index contributed by atoms with van der Waals surface area (Å²) in [4.78, 5) is 0. The molecule has 1 unspecified atom stereocenters. The lowest BCUT2D eigenvalue weighted by Crippen LogP contribution is -2.04. The van der Waals surface area contributed by atoms with Gasteiger partial charge in [-0.2, -0.15) is 4.21 Å². The Morgan fingerprint density at radius 3 is 1.16 bits per heavy atom. The monoisotopic (exact) mass is 376 g/mol. The molecule has 0 fully saturated rings. The zero-order valence-corrected chi connectivity index (χ0v) is 17.9. The first-order chi connectivity index (χ1) is 12.3. The number of rotatable bonds is 21. The van der Waals surface area contributed by atoms with Crippen LogP contribution in [-0.4, -0.2) is 17.4 Å². The average molecular weight is 377 g/mol. The summed E-state index contributed by atoms with van der Waals surface area (Å²) >= 11 is -1.54. The van der Waals surface area contributed by atoms with E-state index in [2.05, 4.69) is 13.8 Å². The Balaban J connectivity index is 3.08. The van der Waals surface area contributed by atoms with Gasteiger partial charge < -0.3 is 0 Å². The van der Waals surface area contributed by atoms with Crippen molar-refractivity contribution in [2.45, 2.75) is 123 Å². The highest BCUT2D eigenvalue weighted by Crippen LogP contribution is 2.13. The molecule has 0 aromatic carbocycles. The Bertz CT molecular complexity index is 272. The van der Waals surface area contributed by atoms with E-state index in [-0.39, 0.29) is 0 Å². The first kappa shape index (κ1) is 25.1. The van der Waals surface area contributed by atoms with Crippen LogP contribution in [0.5, 0.6) is 0 Å². The molecule has 152 valence electrons. The fraction of sp³-hybridized carbons (Fsp3) is 1.00. The van der Waals surface area contributed by atoms with Gasteiger partial charge >= 0.3 is 11.4 Å². The molecular weight excluding hydrogens is 332 g/mol. The molecule has 0 heterocycles. The van der Waals surface area contributed by atoms with Crippen LogP contribution in [0.3, 0.4) is 0 Å². The third-order valence-corrected chi connectivity index (χ3v) is 5.32.